The molecule has 6 heteroatoms. The third-order valence-corrected chi connectivity index (χ3v) is 4.81. The Bertz CT molecular complexity index is 949. The van der Waals surface area contributed by atoms with Gasteiger partial charge in [0.1, 0.15) is 11.5 Å². The number of para-hydroxylation sites is 1. The average Bonchev–Trinajstić information content (AvgIpc) is 3.12. The highest BCUT2D eigenvalue weighted by molar-refractivity contribution is 5.88. The molecule has 0 bridgehead atoms. The minimum atomic E-state index is 0.0475. The SMILES string of the molecule is COc1cc(OC)c2cc(CCCNC(=O)CCc3ccccc3N)[nH]c2c1. The molecule has 0 saturated heterocycles. The number of carbonyl (C=O) groups is 1. The fourth-order valence-electron chi connectivity index (χ4n) is 3.26. The predicted octanol–water partition coefficient (Wildman–Crippen LogP) is 3.45. The van der Waals surface area contributed by atoms with Crippen molar-refractivity contribution in [1.29, 1.82) is 0 Å². The van der Waals surface area contributed by atoms with Crippen LogP contribution in [0.1, 0.15) is 24.1 Å². The van der Waals surface area contributed by atoms with Gasteiger partial charge in [0.2, 0.25) is 5.91 Å². The standard InChI is InChI=1S/C22H27N3O3/c1-27-17-13-20-18(21(14-17)28-2)12-16(25-20)7-5-11-24-22(26)10-9-15-6-3-4-8-19(15)23/h3-4,6,8,12-14,25H,5,7,9-11,23H2,1-2H3,(H,24,26). The molecule has 1 amide bonds. The molecule has 0 aliphatic carbocycles. The van der Waals surface area contributed by atoms with E-state index in [4.69, 9.17) is 15.2 Å². The zero-order valence-electron chi connectivity index (χ0n) is 16.4. The summed E-state index contributed by atoms with van der Waals surface area (Å²) in [5.41, 5.74) is 9.75. The number of ether oxygens (including phenoxy) is 2. The monoisotopic (exact) mass is 381 g/mol. The molecule has 3 rings (SSSR count). The van der Waals surface area contributed by atoms with Gasteiger partial charge in [-0.05, 0) is 37.0 Å². The fraction of sp³-hybridized carbons (Fsp3) is 0.318. The van der Waals surface area contributed by atoms with Crippen LogP contribution in [-0.4, -0.2) is 31.7 Å². The van der Waals surface area contributed by atoms with Gasteiger partial charge in [-0.25, -0.2) is 0 Å². The first kappa shape index (κ1) is 19.6. The van der Waals surface area contributed by atoms with Crippen LogP contribution in [0.25, 0.3) is 10.9 Å². The molecule has 4 N–H and O–H groups in total. The molecule has 0 unspecified atom stereocenters. The Labute approximate surface area is 165 Å². The topological polar surface area (TPSA) is 89.4 Å². The van der Waals surface area contributed by atoms with Gasteiger partial charge in [-0.1, -0.05) is 18.2 Å². The van der Waals surface area contributed by atoms with Crippen molar-refractivity contribution in [1.82, 2.24) is 10.3 Å². The lowest BCUT2D eigenvalue weighted by Gasteiger charge is -2.06. The number of nitrogens with two attached hydrogens (primary N) is 1. The molecule has 2 aromatic carbocycles. The molecule has 0 radical (unpaired) electrons. The van der Waals surface area contributed by atoms with Crippen molar-refractivity contribution in [2.75, 3.05) is 26.5 Å². The molecule has 0 saturated carbocycles. The largest absolute Gasteiger partial charge is 0.497 e. The van der Waals surface area contributed by atoms with Gasteiger partial charge in [0, 0.05) is 41.9 Å². The second kappa shape index (κ2) is 9.17. The van der Waals surface area contributed by atoms with Gasteiger partial charge >= 0.3 is 0 Å². The van der Waals surface area contributed by atoms with Gasteiger partial charge in [-0.3, -0.25) is 4.79 Å². The van der Waals surface area contributed by atoms with Gasteiger partial charge < -0.3 is 25.5 Å². The lowest BCUT2D eigenvalue weighted by atomic mass is 10.1. The van der Waals surface area contributed by atoms with Crippen LogP contribution in [0.3, 0.4) is 0 Å². The summed E-state index contributed by atoms with van der Waals surface area (Å²) in [6, 6.07) is 13.6. The summed E-state index contributed by atoms with van der Waals surface area (Å²) < 4.78 is 10.8. The van der Waals surface area contributed by atoms with Crippen molar-refractivity contribution in [2.24, 2.45) is 0 Å². The van der Waals surface area contributed by atoms with E-state index in [1.54, 1.807) is 14.2 Å². The van der Waals surface area contributed by atoms with Gasteiger partial charge in [0.05, 0.1) is 19.7 Å². The number of nitrogens with one attached hydrogen (secondary N) is 2. The predicted molar refractivity (Wildman–Crippen MR) is 112 cm³/mol. The van der Waals surface area contributed by atoms with Crippen molar-refractivity contribution in [3.8, 4) is 11.5 Å². The number of rotatable bonds is 9. The van der Waals surface area contributed by atoms with Gasteiger partial charge in [0.15, 0.2) is 0 Å². The van der Waals surface area contributed by atoms with E-state index in [9.17, 15) is 4.79 Å². The van der Waals surface area contributed by atoms with Crippen LogP contribution in [-0.2, 0) is 17.6 Å². The maximum atomic E-state index is 12.0. The molecular weight excluding hydrogens is 354 g/mol. The van der Waals surface area contributed by atoms with E-state index in [1.165, 1.54) is 0 Å². The minimum Gasteiger partial charge on any atom is -0.497 e. The summed E-state index contributed by atoms with van der Waals surface area (Å²) in [4.78, 5) is 15.4. The Morgan fingerprint density at radius 1 is 1.11 bits per heavy atom. The Kier molecular flexibility index (Phi) is 6.42. The van der Waals surface area contributed by atoms with E-state index in [-0.39, 0.29) is 5.91 Å². The van der Waals surface area contributed by atoms with Crippen LogP contribution in [0.15, 0.2) is 42.5 Å². The zero-order chi connectivity index (χ0) is 19.9. The maximum Gasteiger partial charge on any atom is 0.220 e. The number of aromatic nitrogens is 1. The highest BCUT2D eigenvalue weighted by Crippen LogP contribution is 2.31. The number of fused-ring (bicyclic) bond motifs is 1. The van der Waals surface area contributed by atoms with Gasteiger partial charge in [0.25, 0.3) is 0 Å². The van der Waals surface area contributed by atoms with Crippen LogP contribution in [0.4, 0.5) is 5.69 Å². The van der Waals surface area contributed by atoms with Crippen LogP contribution in [0.5, 0.6) is 11.5 Å². The van der Waals surface area contributed by atoms with Crippen molar-refractivity contribution < 1.29 is 14.3 Å². The smallest absolute Gasteiger partial charge is 0.220 e. The van der Waals surface area contributed by atoms with Crippen LogP contribution in [0.2, 0.25) is 0 Å². The average molecular weight is 381 g/mol. The molecule has 1 aromatic heterocycles. The Morgan fingerprint density at radius 3 is 2.68 bits per heavy atom. The molecule has 0 fully saturated rings. The maximum absolute atomic E-state index is 12.0. The van der Waals surface area contributed by atoms with E-state index in [1.807, 2.05) is 36.4 Å². The molecule has 3 aromatic rings. The van der Waals surface area contributed by atoms with E-state index >= 15 is 0 Å². The quantitative estimate of drug-likeness (QED) is 0.391. The zero-order valence-corrected chi connectivity index (χ0v) is 16.4. The molecule has 28 heavy (non-hydrogen) atoms. The summed E-state index contributed by atoms with van der Waals surface area (Å²) in [7, 11) is 3.29. The number of hydrogen-bond acceptors (Lipinski definition) is 4. The first-order valence-electron chi connectivity index (χ1n) is 9.44. The normalized spacial score (nSPS) is 10.8. The van der Waals surface area contributed by atoms with Crippen LogP contribution < -0.4 is 20.5 Å². The van der Waals surface area contributed by atoms with E-state index < -0.39 is 0 Å². The van der Waals surface area contributed by atoms with Crippen molar-refractivity contribution in [2.45, 2.75) is 25.7 Å². The highest BCUT2D eigenvalue weighted by Gasteiger charge is 2.09. The minimum absolute atomic E-state index is 0.0475. The molecule has 148 valence electrons. The molecule has 0 aliphatic heterocycles. The van der Waals surface area contributed by atoms with Gasteiger partial charge in [-0.2, -0.15) is 0 Å². The van der Waals surface area contributed by atoms with E-state index in [2.05, 4.69) is 16.4 Å². The summed E-state index contributed by atoms with van der Waals surface area (Å²) in [6.07, 6.45) is 2.79. The first-order chi connectivity index (χ1) is 13.6. The number of benzene rings is 2. The second-order valence-electron chi connectivity index (χ2n) is 6.74. The number of anilines is 1. The Hall–Kier alpha value is -3.15. The van der Waals surface area contributed by atoms with Crippen molar-refractivity contribution in [3.05, 3.63) is 53.7 Å². The second-order valence-corrected chi connectivity index (χ2v) is 6.74. The summed E-state index contributed by atoms with van der Waals surface area (Å²) >= 11 is 0. The highest BCUT2D eigenvalue weighted by atomic mass is 16.5. The number of H-pyrrole nitrogens is 1. The molecule has 1 heterocycles. The third kappa shape index (κ3) is 4.76. The fourth-order valence-corrected chi connectivity index (χ4v) is 3.26. The number of aryl methyl sites for hydroxylation is 2. The number of amides is 1. The van der Waals surface area contributed by atoms with E-state index in [0.29, 0.717) is 19.4 Å². The van der Waals surface area contributed by atoms with Crippen molar-refractivity contribution >= 4 is 22.5 Å². The third-order valence-electron chi connectivity index (χ3n) is 4.81. The summed E-state index contributed by atoms with van der Waals surface area (Å²) in [5.74, 6) is 1.58. The van der Waals surface area contributed by atoms with Crippen LogP contribution >= 0.6 is 0 Å². The number of methoxy groups -OCH3 is 2. The summed E-state index contributed by atoms with van der Waals surface area (Å²) in [6.45, 7) is 0.638. The first-order valence-corrected chi connectivity index (χ1v) is 9.44. The lowest BCUT2D eigenvalue weighted by Crippen LogP contribution is -2.25. The molecule has 0 aliphatic rings. The molecule has 6 nitrogen and oxygen atoms in total. The van der Waals surface area contributed by atoms with Gasteiger partial charge in [-0.15, -0.1) is 0 Å². The van der Waals surface area contributed by atoms with Crippen molar-refractivity contribution in [3.63, 3.8) is 0 Å². The number of nitrogen functional groups attached to an aromatic ring is 1. The lowest BCUT2D eigenvalue weighted by molar-refractivity contribution is -0.121. The Balaban J connectivity index is 1.47. The number of carbonyl (C=O) groups excluding carboxylic acids is 1. The number of hydrogen-bond donors (Lipinski definition) is 3. The van der Waals surface area contributed by atoms with E-state index in [0.717, 1.165) is 52.2 Å². The number of aromatic amines is 1. The molecular formula is C22H27N3O3. The summed E-state index contributed by atoms with van der Waals surface area (Å²) in [5, 5.41) is 4.01. The van der Waals surface area contributed by atoms with Crippen LogP contribution in [0, 0.1) is 0 Å². The Morgan fingerprint density at radius 2 is 1.93 bits per heavy atom. The molecule has 0 atom stereocenters. The molecule has 0 spiro atoms.